The number of aromatic nitrogens is 2. The topological polar surface area (TPSA) is 85.2 Å². The van der Waals surface area contributed by atoms with Crippen LogP contribution in [0, 0.1) is 6.92 Å². The first-order valence-corrected chi connectivity index (χ1v) is 3.89. The molecule has 0 spiro atoms. The Balaban J connectivity index is 2.70. The van der Waals surface area contributed by atoms with Crippen LogP contribution in [0.3, 0.4) is 0 Å². The molecular formula is C7H13N3O2. The van der Waals surface area contributed by atoms with Gasteiger partial charge in [0, 0.05) is 13.0 Å². The molecule has 2 atom stereocenters. The Hall–Kier alpha value is -0.940. The fourth-order valence-electron chi connectivity index (χ4n) is 0.850. The molecule has 0 aliphatic rings. The van der Waals surface area contributed by atoms with Gasteiger partial charge in [0.2, 0.25) is 11.7 Å². The molecule has 1 aromatic rings. The minimum absolute atomic E-state index is 0.266. The molecular weight excluding hydrogens is 158 g/mol. The van der Waals surface area contributed by atoms with Crippen LogP contribution in [0.4, 0.5) is 0 Å². The first kappa shape index (κ1) is 9.15. The van der Waals surface area contributed by atoms with Crippen LogP contribution in [-0.4, -0.2) is 21.3 Å². The normalized spacial score (nSPS) is 16.0. The zero-order valence-corrected chi connectivity index (χ0v) is 7.19. The Morgan fingerprint density at radius 2 is 2.33 bits per heavy atom. The fourth-order valence-corrected chi connectivity index (χ4v) is 0.850. The summed E-state index contributed by atoms with van der Waals surface area (Å²) in [6, 6.07) is -0.331. The van der Waals surface area contributed by atoms with Crippen LogP contribution in [0.5, 0.6) is 0 Å². The highest BCUT2D eigenvalue weighted by atomic mass is 16.5. The zero-order chi connectivity index (χ0) is 9.14. The zero-order valence-electron chi connectivity index (χ0n) is 7.19. The average Bonchev–Trinajstić information content (AvgIpc) is 2.49. The van der Waals surface area contributed by atoms with E-state index in [1.54, 1.807) is 6.92 Å². The van der Waals surface area contributed by atoms with Gasteiger partial charge in [0.15, 0.2) is 0 Å². The summed E-state index contributed by atoms with van der Waals surface area (Å²) in [5, 5.41) is 13.1. The summed E-state index contributed by atoms with van der Waals surface area (Å²) in [6.45, 7) is 3.56. The first-order valence-electron chi connectivity index (χ1n) is 3.89. The molecule has 0 aliphatic heterocycles. The van der Waals surface area contributed by atoms with Crippen molar-refractivity contribution in [2.24, 2.45) is 5.73 Å². The van der Waals surface area contributed by atoms with Gasteiger partial charge in [0.1, 0.15) is 6.10 Å². The summed E-state index contributed by atoms with van der Waals surface area (Å²) in [5.74, 6) is 0.703. The van der Waals surface area contributed by atoms with Crippen molar-refractivity contribution in [3.63, 3.8) is 0 Å². The second-order valence-corrected chi connectivity index (χ2v) is 2.69. The third-order valence-electron chi connectivity index (χ3n) is 1.68. The van der Waals surface area contributed by atoms with Crippen molar-refractivity contribution in [1.82, 2.24) is 10.1 Å². The van der Waals surface area contributed by atoms with Gasteiger partial charge < -0.3 is 15.4 Å². The molecule has 0 saturated carbocycles. The molecule has 0 saturated heterocycles. The van der Waals surface area contributed by atoms with E-state index in [0.29, 0.717) is 12.3 Å². The van der Waals surface area contributed by atoms with E-state index < -0.39 is 6.10 Å². The standard InChI is InChI=1S/C7H13N3O2/c1-3-5(8)6(11)7-9-4(2)12-10-7/h5-6,11H,3,8H2,1-2H3. The Labute approximate surface area is 70.6 Å². The molecule has 68 valence electrons. The van der Waals surface area contributed by atoms with Crippen molar-refractivity contribution in [3.05, 3.63) is 11.7 Å². The van der Waals surface area contributed by atoms with Crippen molar-refractivity contribution >= 4 is 0 Å². The summed E-state index contributed by atoms with van der Waals surface area (Å²) in [6.07, 6.45) is -0.151. The van der Waals surface area contributed by atoms with E-state index in [-0.39, 0.29) is 11.9 Å². The fraction of sp³-hybridized carbons (Fsp3) is 0.714. The molecule has 0 aromatic carbocycles. The monoisotopic (exact) mass is 171 g/mol. The van der Waals surface area contributed by atoms with Gasteiger partial charge in [0.05, 0.1) is 0 Å². The predicted octanol–water partition coefficient (Wildman–Crippen LogP) is 0.149. The Morgan fingerprint density at radius 1 is 1.67 bits per heavy atom. The third kappa shape index (κ3) is 1.80. The van der Waals surface area contributed by atoms with E-state index in [4.69, 9.17) is 10.3 Å². The molecule has 0 amide bonds. The lowest BCUT2D eigenvalue weighted by Gasteiger charge is -2.12. The maximum atomic E-state index is 9.49. The van der Waals surface area contributed by atoms with Gasteiger partial charge in [-0.25, -0.2) is 0 Å². The molecule has 2 unspecified atom stereocenters. The van der Waals surface area contributed by atoms with E-state index in [1.807, 2.05) is 6.92 Å². The number of nitrogens with zero attached hydrogens (tertiary/aromatic N) is 2. The van der Waals surface area contributed by atoms with Crippen molar-refractivity contribution in [3.8, 4) is 0 Å². The first-order chi connectivity index (χ1) is 5.65. The van der Waals surface area contributed by atoms with Crippen molar-refractivity contribution < 1.29 is 9.63 Å². The molecule has 5 nitrogen and oxygen atoms in total. The van der Waals surface area contributed by atoms with Gasteiger partial charge in [-0.2, -0.15) is 4.98 Å². The Morgan fingerprint density at radius 3 is 2.75 bits per heavy atom. The molecule has 1 aromatic heterocycles. The molecule has 1 heterocycles. The number of rotatable bonds is 3. The number of aryl methyl sites for hydroxylation is 1. The number of nitrogens with two attached hydrogens (primary N) is 1. The smallest absolute Gasteiger partial charge is 0.223 e. The Kier molecular flexibility index (Phi) is 2.78. The van der Waals surface area contributed by atoms with Gasteiger partial charge in [-0.05, 0) is 6.42 Å². The van der Waals surface area contributed by atoms with Crippen molar-refractivity contribution in [2.45, 2.75) is 32.4 Å². The van der Waals surface area contributed by atoms with Gasteiger partial charge >= 0.3 is 0 Å². The van der Waals surface area contributed by atoms with Gasteiger partial charge in [-0.3, -0.25) is 0 Å². The van der Waals surface area contributed by atoms with Crippen molar-refractivity contribution in [2.75, 3.05) is 0 Å². The quantitative estimate of drug-likeness (QED) is 0.676. The number of aliphatic hydroxyl groups is 1. The van der Waals surface area contributed by atoms with E-state index in [0.717, 1.165) is 0 Å². The van der Waals surface area contributed by atoms with Crippen LogP contribution >= 0.6 is 0 Å². The molecule has 0 aliphatic carbocycles. The maximum absolute atomic E-state index is 9.49. The van der Waals surface area contributed by atoms with E-state index in [1.165, 1.54) is 0 Å². The third-order valence-corrected chi connectivity index (χ3v) is 1.68. The van der Waals surface area contributed by atoms with Gasteiger partial charge in [-0.15, -0.1) is 0 Å². The highest BCUT2D eigenvalue weighted by Crippen LogP contribution is 2.13. The lowest BCUT2D eigenvalue weighted by atomic mass is 10.1. The van der Waals surface area contributed by atoms with E-state index in [2.05, 4.69) is 10.1 Å². The van der Waals surface area contributed by atoms with Crippen LogP contribution in [0.2, 0.25) is 0 Å². The number of hydrogen-bond acceptors (Lipinski definition) is 5. The molecule has 12 heavy (non-hydrogen) atoms. The van der Waals surface area contributed by atoms with Crippen molar-refractivity contribution in [1.29, 1.82) is 0 Å². The molecule has 3 N–H and O–H groups in total. The van der Waals surface area contributed by atoms with Crippen LogP contribution in [0.15, 0.2) is 4.52 Å². The molecule has 0 fully saturated rings. The minimum Gasteiger partial charge on any atom is -0.383 e. The molecule has 0 radical (unpaired) electrons. The maximum Gasteiger partial charge on any atom is 0.223 e. The number of hydrogen-bond donors (Lipinski definition) is 2. The SMILES string of the molecule is CCC(N)C(O)c1noc(C)n1. The summed E-state index contributed by atoms with van der Waals surface area (Å²) < 4.78 is 4.70. The van der Waals surface area contributed by atoms with Crippen LogP contribution in [0.1, 0.15) is 31.2 Å². The Bertz CT molecular complexity index is 249. The van der Waals surface area contributed by atoms with Gasteiger partial charge in [0.25, 0.3) is 0 Å². The average molecular weight is 171 g/mol. The summed E-state index contributed by atoms with van der Waals surface area (Å²) >= 11 is 0. The second-order valence-electron chi connectivity index (χ2n) is 2.69. The molecule has 5 heteroatoms. The highest BCUT2D eigenvalue weighted by molar-refractivity contribution is 4.93. The summed E-state index contributed by atoms with van der Waals surface area (Å²) in [7, 11) is 0. The number of aliphatic hydroxyl groups excluding tert-OH is 1. The second kappa shape index (κ2) is 3.64. The van der Waals surface area contributed by atoms with Gasteiger partial charge in [-0.1, -0.05) is 12.1 Å². The van der Waals surface area contributed by atoms with E-state index >= 15 is 0 Å². The largest absolute Gasteiger partial charge is 0.383 e. The lowest BCUT2D eigenvalue weighted by molar-refractivity contribution is 0.132. The molecule has 0 bridgehead atoms. The van der Waals surface area contributed by atoms with E-state index in [9.17, 15) is 5.11 Å². The highest BCUT2D eigenvalue weighted by Gasteiger charge is 2.19. The summed E-state index contributed by atoms with van der Waals surface area (Å²) in [5.41, 5.74) is 5.59. The molecule has 1 rings (SSSR count). The van der Waals surface area contributed by atoms with Crippen LogP contribution < -0.4 is 5.73 Å². The minimum atomic E-state index is -0.826. The summed E-state index contributed by atoms with van der Waals surface area (Å²) in [4.78, 5) is 3.87. The van der Waals surface area contributed by atoms with Crippen LogP contribution in [-0.2, 0) is 0 Å². The lowest BCUT2D eigenvalue weighted by Crippen LogP contribution is -2.28. The van der Waals surface area contributed by atoms with Crippen LogP contribution in [0.25, 0.3) is 0 Å². The predicted molar refractivity (Wildman–Crippen MR) is 42.3 cm³/mol.